The number of nitro groups is 1. The molecule has 0 aliphatic carbocycles. The topological polar surface area (TPSA) is 85.2 Å². The van der Waals surface area contributed by atoms with Crippen molar-refractivity contribution in [1.29, 1.82) is 0 Å². The van der Waals surface area contributed by atoms with Gasteiger partial charge in [0.05, 0.1) is 17.3 Å². The van der Waals surface area contributed by atoms with E-state index in [-0.39, 0.29) is 16.8 Å². The Morgan fingerprint density at radius 3 is 2.26 bits per heavy atom. The fourth-order valence-corrected chi connectivity index (χ4v) is 4.27. The smallest absolute Gasteiger partial charge is 0.269 e. The molecule has 1 aliphatic heterocycles. The predicted molar refractivity (Wildman–Crippen MR) is 120 cm³/mol. The number of carbonyl (C=O) groups excluding carboxylic acids is 1. The second-order valence-corrected chi connectivity index (χ2v) is 8.62. The number of ether oxygens (including phenoxy) is 2. The minimum Gasteiger partial charge on any atom is -0.497 e. The van der Waals surface area contributed by atoms with Crippen LogP contribution in [0.1, 0.15) is 6.92 Å². The van der Waals surface area contributed by atoms with Crippen LogP contribution < -0.4 is 9.47 Å². The SMILES string of the molecule is COc1ccc(OCCN2CCN(C(=O)C(C)Sc3ccc([N+](=O)[O-])cc3)CC2)cc1. The average molecular weight is 446 g/mol. The quantitative estimate of drug-likeness (QED) is 0.333. The van der Waals surface area contributed by atoms with Crippen LogP contribution >= 0.6 is 11.8 Å². The number of carbonyl (C=O) groups is 1. The molecule has 0 radical (unpaired) electrons. The first-order valence-electron chi connectivity index (χ1n) is 10.2. The van der Waals surface area contributed by atoms with Gasteiger partial charge in [0, 0.05) is 49.8 Å². The highest BCUT2D eigenvalue weighted by Crippen LogP contribution is 2.26. The first-order chi connectivity index (χ1) is 15.0. The second kappa shape index (κ2) is 11.0. The number of hydrogen-bond acceptors (Lipinski definition) is 7. The third-order valence-electron chi connectivity index (χ3n) is 5.13. The van der Waals surface area contributed by atoms with E-state index in [0.717, 1.165) is 36.0 Å². The zero-order valence-corrected chi connectivity index (χ0v) is 18.5. The molecule has 0 saturated carbocycles. The highest BCUT2D eigenvalue weighted by Gasteiger charge is 2.25. The molecule has 0 spiro atoms. The largest absolute Gasteiger partial charge is 0.497 e. The Balaban J connectivity index is 1.38. The Hall–Kier alpha value is -2.78. The normalized spacial score (nSPS) is 15.4. The first-order valence-corrected chi connectivity index (χ1v) is 11.0. The molecule has 1 saturated heterocycles. The maximum absolute atomic E-state index is 12.8. The summed E-state index contributed by atoms with van der Waals surface area (Å²) in [7, 11) is 1.63. The summed E-state index contributed by atoms with van der Waals surface area (Å²) in [4.78, 5) is 28.1. The Labute approximate surface area is 186 Å². The van der Waals surface area contributed by atoms with Crippen molar-refractivity contribution < 1.29 is 19.2 Å². The maximum Gasteiger partial charge on any atom is 0.269 e. The molecule has 1 atom stereocenters. The molecule has 1 fully saturated rings. The maximum atomic E-state index is 12.8. The molecule has 8 nitrogen and oxygen atoms in total. The van der Waals surface area contributed by atoms with Crippen LogP contribution in [-0.2, 0) is 4.79 Å². The van der Waals surface area contributed by atoms with E-state index < -0.39 is 4.92 Å². The zero-order chi connectivity index (χ0) is 22.2. The average Bonchev–Trinajstić information content (AvgIpc) is 2.80. The van der Waals surface area contributed by atoms with Crippen LogP contribution in [-0.4, -0.2) is 72.3 Å². The summed E-state index contributed by atoms with van der Waals surface area (Å²) in [5.74, 6) is 1.71. The number of piperazine rings is 1. The molecule has 1 unspecified atom stereocenters. The van der Waals surface area contributed by atoms with E-state index in [2.05, 4.69) is 4.90 Å². The van der Waals surface area contributed by atoms with Gasteiger partial charge in [0.15, 0.2) is 0 Å². The summed E-state index contributed by atoms with van der Waals surface area (Å²) in [5, 5.41) is 10.5. The van der Waals surface area contributed by atoms with Gasteiger partial charge in [-0.2, -0.15) is 0 Å². The van der Waals surface area contributed by atoms with Crippen molar-refractivity contribution in [3.05, 3.63) is 58.6 Å². The molecule has 0 N–H and O–H groups in total. The third kappa shape index (κ3) is 6.60. The van der Waals surface area contributed by atoms with Gasteiger partial charge in [-0.25, -0.2) is 0 Å². The number of hydrogen-bond donors (Lipinski definition) is 0. The van der Waals surface area contributed by atoms with E-state index in [1.807, 2.05) is 36.1 Å². The minimum absolute atomic E-state index is 0.0513. The summed E-state index contributed by atoms with van der Waals surface area (Å²) < 4.78 is 10.9. The Bertz CT molecular complexity index is 868. The Morgan fingerprint density at radius 1 is 1.06 bits per heavy atom. The van der Waals surface area contributed by atoms with Crippen LogP contribution in [0.2, 0.25) is 0 Å². The lowest BCUT2D eigenvalue weighted by Gasteiger charge is -2.35. The molecule has 31 heavy (non-hydrogen) atoms. The van der Waals surface area contributed by atoms with Crippen molar-refractivity contribution >= 4 is 23.4 Å². The number of non-ortho nitro benzene ring substituents is 1. The van der Waals surface area contributed by atoms with Crippen molar-refractivity contribution in [1.82, 2.24) is 9.80 Å². The lowest BCUT2D eigenvalue weighted by molar-refractivity contribution is -0.384. The molecule has 0 aromatic heterocycles. The van der Waals surface area contributed by atoms with Crippen LogP contribution in [0, 0.1) is 10.1 Å². The Morgan fingerprint density at radius 2 is 1.68 bits per heavy atom. The minimum atomic E-state index is -0.426. The number of nitro benzene ring substituents is 1. The molecule has 1 aliphatic rings. The van der Waals surface area contributed by atoms with Crippen molar-refractivity contribution in [3.8, 4) is 11.5 Å². The van der Waals surface area contributed by atoms with E-state index >= 15 is 0 Å². The number of rotatable bonds is 9. The molecule has 9 heteroatoms. The number of thioether (sulfide) groups is 1. The molecular formula is C22H27N3O5S. The molecule has 2 aromatic carbocycles. The van der Waals surface area contributed by atoms with E-state index in [9.17, 15) is 14.9 Å². The van der Waals surface area contributed by atoms with Crippen molar-refractivity contribution in [3.63, 3.8) is 0 Å². The van der Waals surface area contributed by atoms with Gasteiger partial charge in [0.1, 0.15) is 18.1 Å². The van der Waals surface area contributed by atoms with Gasteiger partial charge in [-0.15, -0.1) is 11.8 Å². The van der Waals surface area contributed by atoms with Gasteiger partial charge in [-0.1, -0.05) is 0 Å². The van der Waals surface area contributed by atoms with E-state index in [1.54, 1.807) is 19.2 Å². The van der Waals surface area contributed by atoms with Crippen LogP contribution in [0.5, 0.6) is 11.5 Å². The van der Waals surface area contributed by atoms with E-state index in [4.69, 9.17) is 9.47 Å². The zero-order valence-electron chi connectivity index (χ0n) is 17.7. The molecule has 1 heterocycles. The first kappa shape index (κ1) is 22.9. The van der Waals surface area contributed by atoms with Crippen molar-refractivity contribution in [2.24, 2.45) is 0 Å². The van der Waals surface area contributed by atoms with Gasteiger partial charge in [0.25, 0.3) is 5.69 Å². The highest BCUT2D eigenvalue weighted by molar-refractivity contribution is 8.00. The van der Waals surface area contributed by atoms with Gasteiger partial charge in [-0.05, 0) is 43.3 Å². The van der Waals surface area contributed by atoms with E-state index in [1.165, 1.54) is 23.9 Å². The monoisotopic (exact) mass is 445 g/mol. The molecule has 166 valence electrons. The summed E-state index contributed by atoms with van der Waals surface area (Å²) in [6.07, 6.45) is 0. The van der Waals surface area contributed by atoms with Gasteiger partial charge >= 0.3 is 0 Å². The molecule has 1 amide bonds. The van der Waals surface area contributed by atoms with Gasteiger partial charge in [-0.3, -0.25) is 19.8 Å². The van der Waals surface area contributed by atoms with Gasteiger partial charge in [0.2, 0.25) is 5.91 Å². The number of benzene rings is 2. The summed E-state index contributed by atoms with van der Waals surface area (Å²) in [6, 6.07) is 13.8. The second-order valence-electron chi connectivity index (χ2n) is 7.20. The Kier molecular flexibility index (Phi) is 8.13. The highest BCUT2D eigenvalue weighted by atomic mass is 32.2. The molecule has 0 bridgehead atoms. The summed E-state index contributed by atoms with van der Waals surface area (Å²) in [5.41, 5.74) is 0.0513. The molecular weight excluding hydrogens is 418 g/mol. The fraction of sp³-hybridized carbons (Fsp3) is 0.409. The number of nitrogens with zero attached hydrogens (tertiary/aromatic N) is 3. The van der Waals surface area contributed by atoms with Gasteiger partial charge < -0.3 is 14.4 Å². The summed E-state index contributed by atoms with van der Waals surface area (Å²) in [6.45, 7) is 6.27. The van der Waals surface area contributed by atoms with Crippen LogP contribution in [0.15, 0.2) is 53.4 Å². The van der Waals surface area contributed by atoms with Crippen LogP contribution in [0.3, 0.4) is 0 Å². The fourth-order valence-electron chi connectivity index (χ4n) is 3.31. The van der Waals surface area contributed by atoms with Crippen molar-refractivity contribution in [2.75, 3.05) is 46.4 Å². The number of amides is 1. The number of methoxy groups -OCH3 is 1. The van der Waals surface area contributed by atoms with Crippen LogP contribution in [0.4, 0.5) is 5.69 Å². The lowest BCUT2D eigenvalue weighted by Crippen LogP contribution is -2.51. The standard InChI is InChI=1S/C22H27N3O5S/c1-17(31-21-9-3-18(4-10-21)25(27)28)22(26)24-13-11-23(12-14-24)15-16-30-20-7-5-19(29-2)6-8-20/h3-10,17H,11-16H2,1-2H3. The third-order valence-corrected chi connectivity index (χ3v) is 6.23. The van der Waals surface area contributed by atoms with Crippen molar-refractivity contribution in [2.45, 2.75) is 17.1 Å². The van der Waals surface area contributed by atoms with Crippen LogP contribution in [0.25, 0.3) is 0 Å². The van der Waals surface area contributed by atoms with E-state index in [0.29, 0.717) is 19.7 Å². The summed E-state index contributed by atoms with van der Waals surface area (Å²) >= 11 is 1.42. The lowest BCUT2D eigenvalue weighted by atomic mass is 10.3. The molecule has 3 rings (SSSR count). The molecule has 2 aromatic rings. The predicted octanol–water partition coefficient (Wildman–Crippen LogP) is 3.31.